The van der Waals surface area contributed by atoms with E-state index in [9.17, 15) is 4.79 Å². The standard InChI is InChI=1S/C17H24N2O2/c1-2-3-6-11-19-13-15(17(21)18-10-7-12-20)14-8-4-5-9-16(14)19/h4-5,8-9,13,20H,2-3,6-7,10-12H2,1H3,(H,18,21). The Labute approximate surface area is 125 Å². The predicted molar refractivity (Wildman–Crippen MR) is 85.5 cm³/mol. The van der Waals surface area contributed by atoms with Gasteiger partial charge < -0.3 is 15.0 Å². The van der Waals surface area contributed by atoms with Gasteiger partial charge in [0.25, 0.3) is 5.91 Å². The van der Waals surface area contributed by atoms with Gasteiger partial charge in [-0.15, -0.1) is 0 Å². The largest absolute Gasteiger partial charge is 0.396 e. The van der Waals surface area contributed by atoms with Crippen LogP contribution in [0.2, 0.25) is 0 Å². The molecule has 4 heteroatoms. The Balaban J connectivity index is 2.20. The highest BCUT2D eigenvalue weighted by molar-refractivity contribution is 6.06. The number of carbonyl (C=O) groups is 1. The number of hydrogen-bond acceptors (Lipinski definition) is 2. The van der Waals surface area contributed by atoms with E-state index in [1.165, 1.54) is 12.8 Å². The second kappa shape index (κ2) is 7.84. The molecule has 0 saturated carbocycles. The highest BCUT2D eigenvalue weighted by Gasteiger charge is 2.14. The molecule has 0 bridgehead atoms. The SMILES string of the molecule is CCCCCn1cc(C(=O)NCCCO)c2ccccc21. The number of aromatic nitrogens is 1. The van der Waals surface area contributed by atoms with Crippen molar-refractivity contribution in [2.75, 3.05) is 13.2 Å². The van der Waals surface area contributed by atoms with Crippen molar-refractivity contribution in [1.29, 1.82) is 0 Å². The molecule has 114 valence electrons. The highest BCUT2D eigenvalue weighted by Crippen LogP contribution is 2.22. The second-order valence-electron chi connectivity index (χ2n) is 5.29. The first-order chi connectivity index (χ1) is 10.3. The number of aliphatic hydroxyl groups is 1. The van der Waals surface area contributed by atoms with Crippen molar-refractivity contribution >= 4 is 16.8 Å². The molecule has 1 aromatic carbocycles. The Kier molecular flexibility index (Phi) is 5.81. The highest BCUT2D eigenvalue weighted by atomic mass is 16.3. The fourth-order valence-electron chi connectivity index (χ4n) is 2.52. The van der Waals surface area contributed by atoms with Gasteiger partial charge in [0.05, 0.1) is 5.56 Å². The first-order valence-corrected chi connectivity index (χ1v) is 7.75. The molecular weight excluding hydrogens is 264 g/mol. The van der Waals surface area contributed by atoms with Crippen LogP contribution < -0.4 is 5.32 Å². The van der Waals surface area contributed by atoms with Crippen LogP contribution in [0.3, 0.4) is 0 Å². The molecule has 0 saturated heterocycles. The molecule has 0 aliphatic carbocycles. The van der Waals surface area contributed by atoms with Gasteiger partial charge in [-0.3, -0.25) is 4.79 Å². The first-order valence-electron chi connectivity index (χ1n) is 7.75. The van der Waals surface area contributed by atoms with E-state index < -0.39 is 0 Å². The lowest BCUT2D eigenvalue weighted by Gasteiger charge is -2.03. The second-order valence-corrected chi connectivity index (χ2v) is 5.29. The molecular formula is C17H24N2O2. The maximum atomic E-state index is 12.3. The lowest BCUT2D eigenvalue weighted by Crippen LogP contribution is -2.24. The quantitative estimate of drug-likeness (QED) is 0.734. The summed E-state index contributed by atoms with van der Waals surface area (Å²) >= 11 is 0. The number of benzene rings is 1. The summed E-state index contributed by atoms with van der Waals surface area (Å²) < 4.78 is 2.17. The van der Waals surface area contributed by atoms with E-state index >= 15 is 0 Å². The molecule has 1 heterocycles. The minimum absolute atomic E-state index is 0.0612. The van der Waals surface area contributed by atoms with Crippen LogP contribution in [0, 0.1) is 0 Å². The number of nitrogens with zero attached hydrogens (tertiary/aromatic N) is 1. The zero-order chi connectivity index (χ0) is 15.1. The molecule has 21 heavy (non-hydrogen) atoms. The van der Waals surface area contributed by atoms with Gasteiger partial charge >= 0.3 is 0 Å². The number of fused-ring (bicyclic) bond motifs is 1. The average molecular weight is 288 g/mol. The summed E-state index contributed by atoms with van der Waals surface area (Å²) in [6.07, 6.45) is 6.05. The Morgan fingerprint density at radius 2 is 2.05 bits per heavy atom. The molecule has 2 N–H and O–H groups in total. The molecule has 0 spiro atoms. The van der Waals surface area contributed by atoms with Gasteiger partial charge in [-0.1, -0.05) is 38.0 Å². The lowest BCUT2D eigenvalue weighted by molar-refractivity contribution is 0.0952. The van der Waals surface area contributed by atoms with E-state index in [0.29, 0.717) is 13.0 Å². The Morgan fingerprint density at radius 1 is 1.24 bits per heavy atom. The summed E-state index contributed by atoms with van der Waals surface area (Å²) in [5.41, 5.74) is 1.83. The van der Waals surface area contributed by atoms with Crippen LogP contribution in [0.4, 0.5) is 0 Å². The summed E-state index contributed by atoms with van der Waals surface area (Å²) in [5, 5.41) is 12.6. The van der Waals surface area contributed by atoms with Crippen molar-refractivity contribution in [3.8, 4) is 0 Å². The zero-order valence-electron chi connectivity index (χ0n) is 12.6. The number of carbonyl (C=O) groups excluding carboxylic acids is 1. The number of para-hydroxylation sites is 1. The molecule has 4 nitrogen and oxygen atoms in total. The van der Waals surface area contributed by atoms with Crippen molar-refractivity contribution in [3.05, 3.63) is 36.0 Å². The number of nitrogens with one attached hydrogen (secondary N) is 1. The van der Waals surface area contributed by atoms with Gasteiger partial charge in [-0.05, 0) is 18.9 Å². The fraction of sp³-hybridized carbons (Fsp3) is 0.471. The Morgan fingerprint density at radius 3 is 2.81 bits per heavy atom. The average Bonchev–Trinajstić information content (AvgIpc) is 2.87. The minimum Gasteiger partial charge on any atom is -0.396 e. The van der Waals surface area contributed by atoms with Gasteiger partial charge in [0.2, 0.25) is 0 Å². The third-order valence-corrected chi connectivity index (χ3v) is 3.66. The third-order valence-electron chi connectivity index (χ3n) is 3.66. The van der Waals surface area contributed by atoms with Gasteiger partial charge in [0.15, 0.2) is 0 Å². The van der Waals surface area contributed by atoms with E-state index in [0.717, 1.165) is 29.4 Å². The van der Waals surface area contributed by atoms with E-state index in [1.807, 2.05) is 24.4 Å². The molecule has 1 amide bonds. The summed E-state index contributed by atoms with van der Waals surface area (Å²) in [6, 6.07) is 8.02. The van der Waals surface area contributed by atoms with Crippen molar-refractivity contribution in [2.24, 2.45) is 0 Å². The monoisotopic (exact) mass is 288 g/mol. The minimum atomic E-state index is -0.0612. The number of hydrogen-bond donors (Lipinski definition) is 2. The number of aliphatic hydroxyl groups excluding tert-OH is 1. The summed E-state index contributed by atoms with van der Waals surface area (Å²) in [7, 11) is 0. The molecule has 2 aromatic rings. The molecule has 1 aromatic heterocycles. The van der Waals surface area contributed by atoms with Crippen LogP contribution in [0.1, 0.15) is 43.0 Å². The molecule has 0 atom stereocenters. The van der Waals surface area contributed by atoms with E-state index in [-0.39, 0.29) is 12.5 Å². The Bertz CT molecular complexity index is 589. The topological polar surface area (TPSA) is 54.3 Å². The molecule has 0 radical (unpaired) electrons. The van der Waals surface area contributed by atoms with Gasteiger partial charge in [-0.25, -0.2) is 0 Å². The third kappa shape index (κ3) is 3.85. The van der Waals surface area contributed by atoms with Gasteiger partial charge in [0.1, 0.15) is 0 Å². The predicted octanol–water partition coefficient (Wildman–Crippen LogP) is 2.94. The van der Waals surface area contributed by atoms with Crippen LogP contribution in [-0.4, -0.2) is 28.7 Å². The maximum absolute atomic E-state index is 12.3. The summed E-state index contributed by atoms with van der Waals surface area (Å²) in [4.78, 5) is 12.3. The molecule has 0 aliphatic heterocycles. The number of rotatable bonds is 8. The van der Waals surface area contributed by atoms with Gasteiger partial charge in [-0.2, -0.15) is 0 Å². The summed E-state index contributed by atoms with van der Waals surface area (Å²) in [6.45, 7) is 3.73. The van der Waals surface area contributed by atoms with Crippen molar-refractivity contribution in [3.63, 3.8) is 0 Å². The van der Waals surface area contributed by atoms with Crippen LogP contribution in [-0.2, 0) is 6.54 Å². The molecule has 2 rings (SSSR count). The Hall–Kier alpha value is -1.81. The van der Waals surface area contributed by atoms with E-state index in [4.69, 9.17) is 5.11 Å². The fourth-order valence-corrected chi connectivity index (χ4v) is 2.52. The zero-order valence-corrected chi connectivity index (χ0v) is 12.6. The first kappa shape index (κ1) is 15.6. The lowest BCUT2D eigenvalue weighted by atomic mass is 10.1. The van der Waals surface area contributed by atoms with Crippen LogP contribution in [0.5, 0.6) is 0 Å². The molecule has 0 unspecified atom stereocenters. The van der Waals surface area contributed by atoms with Crippen LogP contribution in [0.15, 0.2) is 30.5 Å². The van der Waals surface area contributed by atoms with E-state index in [2.05, 4.69) is 22.9 Å². The van der Waals surface area contributed by atoms with Crippen LogP contribution >= 0.6 is 0 Å². The molecule has 0 fully saturated rings. The van der Waals surface area contributed by atoms with Crippen molar-refractivity contribution in [2.45, 2.75) is 39.2 Å². The van der Waals surface area contributed by atoms with Crippen LogP contribution in [0.25, 0.3) is 10.9 Å². The maximum Gasteiger partial charge on any atom is 0.253 e. The number of unbranched alkanes of at least 4 members (excludes halogenated alkanes) is 2. The van der Waals surface area contributed by atoms with Crippen molar-refractivity contribution < 1.29 is 9.90 Å². The summed E-state index contributed by atoms with van der Waals surface area (Å²) in [5.74, 6) is -0.0612. The van der Waals surface area contributed by atoms with Gasteiger partial charge in [0, 0.05) is 36.8 Å². The smallest absolute Gasteiger partial charge is 0.253 e. The molecule has 0 aliphatic rings. The van der Waals surface area contributed by atoms with Crippen molar-refractivity contribution in [1.82, 2.24) is 9.88 Å². The number of amides is 1. The normalized spacial score (nSPS) is 11.0. The number of aryl methyl sites for hydroxylation is 1. The van der Waals surface area contributed by atoms with E-state index in [1.54, 1.807) is 0 Å².